The number of aliphatic hydroxyl groups excluding tert-OH is 1. The Bertz CT molecular complexity index is 3520. The highest BCUT2D eigenvalue weighted by molar-refractivity contribution is 8.75. The quantitative estimate of drug-likeness (QED) is 0.141. The molecule has 0 fully saturated rings. The van der Waals surface area contributed by atoms with E-state index in [4.69, 9.17) is 78.3 Å². The molecule has 0 saturated heterocycles. The zero-order valence-corrected chi connectivity index (χ0v) is 47.9. The van der Waals surface area contributed by atoms with E-state index in [-0.39, 0.29) is 25.5 Å². The first-order chi connectivity index (χ1) is 33.1. The highest BCUT2D eigenvalue weighted by atomic mass is 35.5. The first-order valence-corrected chi connectivity index (χ1v) is 36.6. The average Bonchev–Trinajstić information content (AvgIpc) is 3.79. The van der Waals surface area contributed by atoms with Gasteiger partial charge in [-0.1, -0.05) is 114 Å². The van der Waals surface area contributed by atoms with Crippen LogP contribution in [0, 0.1) is 0 Å². The topological polar surface area (TPSA) is 85.8 Å². The SMILES string of the molecule is C.O=C(O)c1c(Oc2ccccc2)c2cc(Cl)ccc2n1Cc1ccc(Cl)cc1.OCc1c(Oc2ccccc2)c2cc(Cl)ccc2n1Cc1ccc(Cl)cc1.S=S=S=S=S=S=S=S=S=S=S=S=S. The van der Waals surface area contributed by atoms with E-state index in [0.717, 1.165) is 27.5 Å². The van der Waals surface area contributed by atoms with Crippen LogP contribution in [0.25, 0.3) is 21.8 Å². The van der Waals surface area contributed by atoms with Crippen LogP contribution in [0.3, 0.4) is 0 Å². The molecule has 69 heavy (non-hydrogen) atoms. The molecule has 0 saturated carbocycles. The number of rotatable bonds is 10. The molecule has 2 heterocycles. The summed E-state index contributed by atoms with van der Waals surface area (Å²) in [4.78, 5) is 12.2. The number of carboxylic acid groups (broad SMARTS) is 1. The van der Waals surface area contributed by atoms with Crippen molar-refractivity contribution in [1.82, 2.24) is 9.13 Å². The molecule has 8 rings (SSSR count). The van der Waals surface area contributed by atoms with Crippen LogP contribution in [0.15, 0.2) is 146 Å². The smallest absolute Gasteiger partial charge is 0.356 e. The highest BCUT2D eigenvalue weighted by Crippen LogP contribution is 2.40. The van der Waals surface area contributed by atoms with Crippen molar-refractivity contribution in [3.05, 3.63) is 188 Å². The maximum Gasteiger partial charge on any atom is 0.356 e. The molecule has 362 valence electrons. The Morgan fingerprint density at radius 3 is 1.30 bits per heavy atom. The summed E-state index contributed by atoms with van der Waals surface area (Å²) in [5, 5.41) is 24.0. The molecule has 0 aliphatic heterocycles. The number of aromatic nitrogens is 2. The predicted molar refractivity (Wildman–Crippen MR) is 323 cm³/mol. The Morgan fingerprint density at radius 2 is 0.884 bits per heavy atom. The first-order valence-electron chi connectivity index (χ1n) is 19.1. The molecule has 0 amide bonds. The molecule has 0 aliphatic carbocycles. The second kappa shape index (κ2) is 30.5. The van der Waals surface area contributed by atoms with Crippen molar-refractivity contribution in [3.63, 3.8) is 0 Å². The number of benzene rings is 6. The zero-order valence-electron chi connectivity index (χ0n) is 34.3. The van der Waals surface area contributed by atoms with E-state index in [1.54, 1.807) is 127 Å². The minimum Gasteiger partial charge on any atom is -0.476 e. The number of carbonyl (C=O) groups is 1. The summed E-state index contributed by atoms with van der Waals surface area (Å²) in [7, 11) is 18.1. The van der Waals surface area contributed by atoms with Gasteiger partial charge < -0.3 is 28.8 Å². The fourth-order valence-corrected chi connectivity index (χ4v) is 31.7. The molecule has 6 aromatic carbocycles. The number of hydrogen-bond acceptors (Lipinski definition) is 6. The Labute approximate surface area is 460 Å². The van der Waals surface area contributed by atoms with Crippen LogP contribution >= 0.6 is 46.4 Å². The molecule has 0 radical (unpaired) electrons. The van der Waals surface area contributed by atoms with Gasteiger partial charge in [-0.3, -0.25) is 0 Å². The summed E-state index contributed by atoms with van der Waals surface area (Å²) in [5.74, 6) is 1.07. The van der Waals surface area contributed by atoms with Crippen molar-refractivity contribution in [2.24, 2.45) is 0 Å². The Morgan fingerprint density at radius 1 is 0.507 bits per heavy atom. The van der Waals surface area contributed by atoms with Gasteiger partial charge in [0.25, 0.3) is 0 Å². The summed E-state index contributed by atoms with van der Waals surface area (Å²) in [6.07, 6.45) is 0. The molecule has 2 N–H and O–H groups in total. The number of ether oxygens (including phenoxy) is 2. The number of para-hydroxylation sites is 2. The number of nitrogens with zero attached hydrogens (tertiary/aromatic N) is 2. The van der Waals surface area contributed by atoms with Gasteiger partial charge in [-0.15, -0.1) is 0 Å². The molecular weight excluding hydrogens is 1210 g/mol. The second-order valence-electron chi connectivity index (χ2n) is 13.2. The van der Waals surface area contributed by atoms with Crippen molar-refractivity contribution in [3.8, 4) is 23.0 Å². The summed E-state index contributed by atoms with van der Waals surface area (Å²) < 4.78 is 15.9. The van der Waals surface area contributed by atoms with Crippen LogP contribution in [-0.4, -0.2) is 25.3 Å². The van der Waals surface area contributed by atoms with Crippen molar-refractivity contribution >= 4 is 194 Å². The molecule has 0 atom stereocenters. The number of fused-ring (bicyclic) bond motifs is 2. The van der Waals surface area contributed by atoms with Gasteiger partial charge in [0.1, 0.15) is 11.5 Å². The molecule has 0 bridgehead atoms. The largest absolute Gasteiger partial charge is 0.476 e. The molecular formula is C45H36Cl4N2O5S13. The van der Waals surface area contributed by atoms with Gasteiger partial charge in [0.15, 0.2) is 17.2 Å². The van der Waals surface area contributed by atoms with E-state index in [1.165, 1.54) is 17.8 Å². The molecule has 0 spiro atoms. The Kier molecular flexibility index (Phi) is 25.3. The zero-order chi connectivity index (χ0) is 48.3. The van der Waals surface area contributed by atoms with Gasteiger partial charge in [0.2, 0.25) is 0 Å². The average molecular weight is 1240 g/mol. The number of carboxylic acids is 1. The first kappa shape index (κ1) is 57.4. The van der Waals surface area contributed by atoms with Crippen molar-refractivity contribution in [1.29, 1.82) is 0 Å². The van der Waals surface area contributed by atoms with Crippen molar-refractivity contribution in [2.75, 3.05) is 0 Å². The standard InChI is InChI=1S/C22H15Cl2NO3.C22H17Cl2NO2.CH4.S13/c23-15-8-6-14(7-9-15)13-25-19-11-10-16(24)12-18(19)21(20(25)22(26)27)28-17-4-2-1-3-5-17;23-16-8-6-15(7-9-16)13-25-20-11-10-17(24)12-19(20)22(21(25)14-26)27-18-4-2-1-3-5-18;;1-3-5-7-9-11-13-12-10-8-6-4-2/h1-12H,13H2,(H,26,27);1-12,26H,13-14H2;1H4;. The minimum absolute atomic E-state index is 0. The van der Waals surface area contributed by atoms with E-state index in [0.29, 0.717) is 61.5 Å². The Balaban J connectivity index is 0.000000205. The van der Waals surface area contributed by atoms with Crippen molar-refractivity contribution in [2.45, 2.75) is 27.1 Å². The molecule has 7 nitrogen and oxygen atoms in total. The molecule has 2 aromatic heterocycles. The maximum atomic E-state index is 12.2. The van der Waals surface area contributed by atoms with Gasteiger partial charge in [-0.2, -0.15) is 0 Å². The van der Waals surface area contributed by atoms with Gasteiger partial charge in [0, 0.05) is 164 Å². The van der Waals surface area contributed by atoms with Gasteiger partial charge in [-0.25, -0.2) is 4.79 Å². The predicted octanol–water partition coefficient (Wildman–Crippen LogP) is 13.4. The summed E-state index contributed by atoms with van der Waals surface area (Å²) in [5.41, 5.74) is 4.44. The van der Waals surface area contributed by atoms with Crippen LogP contribution < -0.4 is 9.47 Å². The summed E-state index contributed by atoms with van der Waals surface area (Å²) in [6.45, 7) is 0.792. The second-order valence-corrected chi connectivity index (χ2v) is 34.4. The van der Waals surface area contributed by atoms with Crippen LogP contribution in [0.5, 0.6) is 23.0 Å². The maximum absolute atomic E-state index is 12.2. The lowest BCUT2D eigenvalue weighted by atomic mass is 10.2. The van der Waals surface area contributed by atoms with E-state index >= 15 is 0 Å². The lowest BCUT2D eigenvalue weighted by molar-refractivity contribution is 0.0683. The normalized spacial score (nSPS) is 10.1. The Hall–Kier alpha value is -2.55. The lowest BCUT2D eigenvalue weighted by Crippen LogP contribution is -2.10. The molecule has 8 aromatic rings. The summed E-state index contributed by atoms with van der Waals surface area (Å²) >= 11 is 33.8. The fourth-order valence-electron chi connectivity index (χ4n) is 6.44. The van der Waals surface area contributed by atoms with Crippen molar-refractivity contribution < 1.29 is 24.5 Å². The fraction of sp³-hybridized carbons (Fsp3) is 0.0889. The number of hydrogen-bond donors (Lipinski definition) is 2. The molecule has 0 unspecified atom stereocenters. The van der Waals surface area contributed by atoms with E-state index < -0.39 is 5.97 Å². The minimum atomic E-state index is -1.08. The summed E-state index contributed by atoms with van der Waals surface area (Å²) in [6, 6.07) is 44.5. The van der Waals surface area contributed by atoms with E-state index in [9.17, 15) is 15.0 Å². The number of aromatic carboxylic acids is 1. The lowest BCUT2D eigenvalue weighted by Gasteiger charge is -2.11. The van der Waals surface area contributed by atoms with Crippen LogP contribution in [-0.2, 0) is 140 Å². The van der Waals surface area contributed by atoms with Gasteiger partial charge >= 0.3 is 5.97 Å². The van der Waals surface area contributed by atoms with Gasteiger partial charge in [0.05, 0.1) is 23.3 Å². The monoisotopic (exact) mass is 1240 g/mol. The van der Waals surface area contributed by atoms with E-state index in [1.807, 2.05) is 108 Å². The highest BCUT2D eigenvalue weighted by Gasteiger charge is 2.25. The number of aliphatic hydroxyl groups is 1. The third-order valence-electron chi connectivity index (χ3n) is 9.13. The van der Waals surface area contributed by atoms with Crippen LogP contribution in [0.2, 0.25) is 20.1 Å². The third-order valence-corrected chi connectivity index (χ3v) is 32.3. The van der Waals surface area contributed by atoms with E-state index in [2.05, 4.69) is 0 Å². The molecule has 24 heteroatoms. The molecule has 0 aliphatic rings. The van der Waals surface area contributed by atoms with Crippen LogP contribution in [0.1, 0.15) is 34.7 Å². The number of halogens is 4. The van der Waals surface area contributed by atoms with Crippen LogP contribution in [0.4, 0.5) is 0 Å². The third kappa shape index (κ3) is 17.3. The van der Waals surface area contributed by atoms with Gasteiger partial charge in [-0.05, 0) is 96.1 Å².